The summed E-state index contributed by atoms with van der Waals surface area (Å²) in [6.07, 6.45) is 5.73. The molecule has 0 aliphatic rings. The Bertz CT molecular complexity index is 792. The number of anilines is 2. The lowest BCUT2D eigenvalue weighted by molar-refractivity contribution is -0.698. The number of rotatable bonds is 8. The minimum atomic E-state index is -0.214. The van der Waals surface area contributed by atoms with Crippen molar-refractivity contribution in [3.05, 3.63) is 53.9 Å². The number of pyridine rings is 1. The van der Waals surface area contributed by atoms with Crippen molar-refractivity contribution in [2.45, 2.75) is 19.1 Å². The molecule has 8 nitrogen and oxygen atoms in total. The van der Waals surface area contributed by atoms with Crippen LogP contribution in [0.1, 0.15) is 22.3 Å². The number of nitrogens with zero attached hydrogens (tertiary/aromatic N) is 2. The summed E-state index contributed by atoms with van der Waals surface area (Å²) in [5.41, 5.74) is 8.42. The van der Waals surface area contributed by atoms with Gasteiger partial charge in [0.15, 0.2) is 18.9 Å². The number of methoxy groups -OCH3 is 1. The summed E-state index contributed by atoms with van der Waals surface area (Å²) < 4.78 is 7.05. The summed E-state index contributed by atoms with van der Waals surface area (Å²) in [6, 6.07) is 8.83. The van der Waals surface area contributed by atoms with Crippen molar-refractivity contribution in [1.29, 1.82) is 0 Å². The van der Waals surface area contributed by atoms with Gasteiger partial charge in [-0.25, -0.2) is 4.57 Å². The fourth-order valence-corrected chi connectivity index (χ4v) is 2.48. The molecular weight excluding hydrogens is 360 g/mol. The number of nitrogens with two attached hydrogens (primary N) is 1. The number of hydrogen-bond donors (Lipinski definition) is 3. The monoisotopic (exact) mass is 387 g/mol. The van der Waals surface area contributed by atoms with E-state index in [9.17, 15) is 9.90 Å². The first-order valence-electron chi connectivity index (χ1n) is 8.62. The molecule has 1 amide bonds. The summed E-state index contributed by atoms with van der Waals surface area (Å²) in [5, 5.41) is 12.0. The molecule has 1 aromatic heterocycles. The molecule has 0 fully saturated rings. The highest BCUT2D eigenvalue weighted by Gasteiger charge is 2.14. The summed E-state index contributed by atoms with van der Waals surface area (Å²) >= 11 is 0. The van der Waals surface area contributed by atoms with Gasteiger partial charge in [-0.1, -0.05) is 0 Å². The molecule has 0 aliphatic carbocycles. The van der Waals surface area contributed by atoms with Gasteiger partial charge in [-0.05, 0) is 24.3 Å². The van der Waals surface area contributed by atoms with Crippen LogP contribution in [0, 0.1) is 0 Å². The smallest absolute Gasteiger partial charge is 0.261 e. The van der Waals surface area contributed by atoms with Crippen molar-refractivity contribution in [3.8, 4) is 0 Å². The van der Waals surface area contributed by atoms with E-state index in [0.717, 1.165) is 5.56 Å². The third kappa shape index (κ3) is 6.90. The lowest BCUT2D eigenvalue weighted by atomic mass is 10.1. The minimum absolute atomic E-state index is 0.0300. The SMILES string of the molecule is C=O.CN=Cc1cc(NC(=O)c2ccc[n+](CCC(CO)OC)c2)ccc1N. The number of aromatic nitrogens is 1. The number of hydrogen-bond acceptors (Lipinski definition) is 6. The molecular formula is C20H27N4O4+. The van der Waals surface area contributed by atoms with E-state index in [4.69, 9.17) is 15.3 Å². The number of ether oxygens (including phenoxy) is 1. The molecule has 150 valence electrons. The minimum Gasteiger partial charge on any atom is -0.398 e. The number of aliphatic imine (C=N–C) groups is 1. The Labute approximate surface area is 164 Å². The summed E-state index contributed by atoms with van der Waals surface area (Å²) in [7, 11) is 3.23. The van der Waals surface area contributed by atoms with E-state index in [0.29, 0.717) is 29.9 Å². The van der Waals surface area contributed by atoms with Crippen LogP contribution in [0.15, 0.2) is 47.7 Å². The number of benzene rings is 1. The summed E-state index contributed by atoms with van der Waals surface area (Å²) in [4.78, 5) is 24.5. The number of nitrogen functional groups attached to an aromatic ring is 1. The van der Waals surface area contributed by atoms with Crippen LogP contribution in [-0.4, -0.2) is 50.9 Å². The topological polar surface area (TPSA) is 118 Å². The average molecular weight is 387 g/mol. The lowest BCUT2D eigenvalue weighted by Gasteiger charge is -2.10. The molecule has 0 saturated heterocycles. The zero-order valence-corrected chi connectivity index (χ0v) is 16.2. The molecule has 8 heteroatoms. The van der Waals surface area contributed by atoms with Gasteiger partial charge in [0.1, 0.15) is 12.4 Å². The first kappa shape index (κ1) is 22.9. The van der Waals surface area contributed by atoms with Crippen LogP contribution in [0.3, 0.4) is 0 Å². The Morgan fingerprint density at radius 2 is 2.18 bits per heavy atom. The van der Waals surface area contributed by atoms with E-state index in [2.05, 4.69) is 10.3 Å². The van der Waals surface area contributed by atoms with Crippen LogP contribution >= 0.6 is 0 Å². The molecule has 2 rings (SSSR count). The quantitative estimate of drug-likeness (QED) is 0.356. The molecule has 1 unspecified atom stereocenters. The Kier molecular flexibility index (Phi) is 10.1. The zero-order chi connectivity index (χ0) is 20.9. The number of aliphatic hydroxyl groups excluding tert-OH is 1. The van der Waals surface area contributed by atoms with Crippen LogP contribution in [0.2, 0.25) is 0 Å². The number of amides is 1. The van der Waals surface area contributed by atoms with Crippen molar-refractivity contribution in [3.63, 3.8) is 0 Å². The summed E-state index contributed by atoms with van der Waals surface area (Å²) in [6.45, 7) is 2.61. The van der Waals surface area contributed by atoms with Crippen LogP contribution in [-0.2, 0) is 16.1 Å². The van der Waals surface area contributed by atoms with E-state index in [1.54, 1.807) is 50.8 Å². The molecule has 1 atom stereocenters. The van der Waals surface area contributed by atoms with E-state index in [1.165, 1.54) is 0 Å². The standard InChI is InChI=1S/C19H24N4O3.CH2O/c1-21-11-15-10-16(5-6-18(15)20)22-19(25)14-4-3-8-23(12-14)9-7-17(13-24)26-2;1-2/h3-6,8,10-12,17,24H,7,9,13H2,1-2H3,(H2-,20,21,22,25);1H2/p+1. The third-order valence-electron chi connectivity index (χ3n) is 3.98. The number of aryl methyl sites for hydroxylation is 1. The molecule has 2 aromatic rings. The van der Waals surface area contributed by atoms with Gasteiger partial charge in [-0.15, -0.1) is 0 Å². The van der Waals surface area contributed by atoms with Crippen LogP contribution in [0.4, 0.5) is 11.4 Å². The van der Waals surface area contributed by atoms with Gasteiger partial charge in [0.05, 0.1) is 12.7 Å². The lowest BCUT2D eigenvalue weighted by Crippen LogP contribution is -2.37. The maximum Gasteiger partial charge on any atom is 0.261 e. The number of carbonyl (C=O) groups is 2. The molecule has 0 saturated carbocycles. The number of carbonyl (C=O) groups excluding carboxylic acids is 2. The first-order valence-corrected chi connectivity index (χ1v) is 8.62. The number of aliphatic hydroxyl groups is 1. The molecule has 1 heterocycles. The Morgan fingerprint density at radius 1 is 1.43 bits per heavy atom. The van der Waals surface area contributed by atoms with Crippen molar-refractivity contribution in [2.24, 2.45) is 4.99 Å². The van der Waals surface area contributed by atoms with E-state index in [-0.39, 0.29) is 18.6 Å². The molecule has 4 N–H and O–H groups in total. The van der Waals surface area contributed by atoms with Crippen LogP contribution < -0.4 is 15.6 Å². The Hall–Kier alpha value is -3.10. The van der Waals surface area contributed by atoms with Gasteiger partial charge in [0.2, 0.25) is 0 Å². The predicted octanol–water partition coefficient (Wildman–Crippen LogP) is 1.07. The van der Waals surface area contributed by atoms with E-state index in [1.807, 2.05) is 23.6 Å². The summed E-state index contributed by atoms with van der Waals surface area (Å²) in [5.74, 6) is -0.214. The fourth-order valence-electron chi connectivity index (χ4n) is 2.48. The van der Waals surface area contributed by atoms with Crippen LogP contribution in [0.25, 0.3) is 0 Å². The normalized spacial score (nSPS) is 11.5. The van der Waals surface area contributed by atoms with Gasteiger partial charge >= 0.3 is 0 Å². The van der Waals surface area contributed by atoms with Gasteiger partial charge in [0, 0.05) is 49.8 Å². The fraction of sp³-hybridized carbons (Fsp3) is 0.300. The third-order valence-corrected chi connectivity index (χ3v) is 3.98. The maximum absolute atomic E-state index is 12.5. The highest BCUT2D eigenvalue weighted by Crippen LogP contribution is 2.17. The van der Waals surface area contributed by atoms with Crippen molar-refractivity contribution < 1.29 is 24.0 Å². The largest absolute Gasteiger partial charge is 0.398 e. The molecule has 28 heavy (non-hydrogen) atoms. The Balaban J connectivity index is 0.00000190. The van der Waals surface area contributed by atoms with Crippen LogP contribution in [0.5, 0.6) is 0 Å². The molecule has 0 bridgehead atoms. The maximum atomic E-state index is 12.5. The second kappa shape index (κ2) is 12.3. The second-order valence-electron chi connectivity index (χ2n) is 5.84. The van der Waals surface area contributed by atoms with Gasteiger partial charge in [-0.3, -0.25) is 9.79 Å². The van der Waals surface area contributed by atoms with Crippen molar-refractivity contribution in [2.75, 3.05) is 31.8 Å². The predicted molar refractivity (Wildman–Crippen MR) is 109 cm³/mol. The van der Waals surface area contributed by atoms with Gasteiger partial charge < -0.3 is 25.7 Å². The zero-order valence-electron chi connectivity index (χ0n) is 16.2. The molecule has 0 aliphatic heterocycles. The highest BCUT2D eigenvalue weighted by atomic mass is 16.5. The van der Waals surface area contributed by atoms with E-state index >= 15 is 0 Å². The van der Waals surface area contributed by atoms with Gasteiger partial charge in [0.25, 0.3) is 5.91 Å². The van der Waals surface area contributed by atoms with Crippen molar-refractivity contribution in [1.82, 2.24) is 0 Å². The molecule has 0 spiro atoms. The average Bonchev–Trinajstić information content (AvgIpc) is 2.73. The molecule has 0 radical (unpaired) electrons. The second-order valence-corrected chi connectivity index (χ2v) is 5.84. The first-order chi connectivity index (χ1) is 13.6. The molecule has 1 aromatic carbocycles. The van der Waals surface area contributed by atoms with Crippen molar-refractivity contribution >= 4 is 30.3 Å². The van der Waals surface area contributed by atoms with Gasteiger partial charge in [-0.2, -0.15) is 0 Å². The van der Waals surface area contributed by atoms with E-state index < -0.39 is 0 Å². The Morgan fingerprint density at radius 3 is 2.82 bits per heavy atom. The highest BCUT2D eigenvalue weighted by molar-refractivity contribution is 6.04. The number of nitrogens with one attached hydrogen (secondary N) is 1.